The molecular formula is C18H27BrO. The van der Waals surface area contributed by atoms with Crippen molar-refractivity contribution in [2.45, 2.75) is 39.5 Å². The fraction of sp³-hybridized carbons (Fsp3) is 0.556. The first-order valence-electron chi connectivity index (χ1n) is 7.61. The Hall–Kier alpha value is -0.600. The smallest absolute Gasteiger partial charge is 0.0650 e. The van der Waals surface area contributed by atoms with E-state index < -0.39 is 0 Å². The summed E-state index contributed by atoms with van der Waals surface area (Å²) in [7, 11) is 0. The summed E-state index contributed by atoms with van der Waals surface area (Å²) in [4.78, 5) is 0. The highest BCUT2D eigenvalue weighted by Crippen LogP contribution is 2.32. The van der Waals surface area contributed by atoms with E-state index in [1.54, 1.807) is 0 Å². The zero-order valence-electron chi connectivity index (χ0n) is 12.8. The molecule has 0 fully saturated rings. The van der Waals surface area contributed by atoms with E-state index in [1.165, 1.54) is 31.2 Å². The number of rotatable bonds is 10. The molecule has 1 nitrogen and oxygen atoms in total. The normalized spacial score (nSPS) is 12.2. The molecule has 0 aliphatic rings. The van der Waals surface area contributed by atoms with Crippen molar-refractivity contribution < 1.29 is 4.74 Å². The topological polar surface area (TPSA) is 9.23 Å². The van der Waals surface area contributed by atoms with Gasteiger partial charge in [0.2, 0.25) is 0 Å². The van der Waals surface area contributed by atoms with E-state index >= 15 is 0 Å². The molecule has 0 N–H and O–H groups in total. The first-order valence-corrected chi connectivity index (χ1v) is 8.74. The zero-order valence-corrected chi connectivity index (χ0v) is 14.4. The molecule has 20 heavy (non-hydrogen) atoms. The summed E-state index contributed by atoms with van der Waals surface area (Å²) in [6, 6.07) is 10.4. The van der Waals surface area contributed by atoms with E-state index in [9.17, 15) is 0 Å². The van der Waals surface area contributed by atoms with Crippen molar-refractivity contribution in [1.29, 1.82) is 0 Å². The Morgan fingerprint density at radius 2 is 1.75 bits per heavy atom. The van der Waals surface area contributed by atoms with E-state index in [2.05, 4.69) is 66.2 Å². The summed E-state index contributed by atoms with van der Waals surface area (Å²) < 4.78 is 5.90. The summed E-state index contributed by atoms with van der Waals surface area (Å²) in [5.74, 6) is 0. The molecular weight excluding hydrogens is 312 g/mol. The summed E-state index contributed by atoms with van der Waals surface area (Å²) >= 11 is 3.68. The average Bonchev–Trinajstić information content (AvgIpc) is 2.48. The van der Waals surface area contributed by atoms with Crippen molar-refractivity contribution in [2.24, 2.45) is 5.41 Å². The van der Waals surface area contributed by atoms with Crippen LogP contribution in [0.4, 0.5) is 0 Å². The van der Waals surface area contributed by atoms with Crippen LogP contribution in [0.25, 0.3) is 6.08 Å². The minimum atomic E-state index is 0.310. The highest BCUT2D eigenvalue weighted by Gasteiger charge is 2.27. The molecule has 112 valence electrons. The van der Waals surface area contributed by atoms with Crippen LogP contribution in [0.2, 0.25) is 0 Å². The first-order chi connectivity index (χ1) is 9.76. The molecule has 0 saturated heterocycles. The van der Waals surface area contributed by atoms with E-state index in [1.807, 2.05) is 6.07 Å². The number of benzene rings is 1. The van der Waals surface area contributed by atoms with Crippen molar-refractivity contribution in [2.75, 3.05) is 18.5 Å². The second-order valence-electron chi connectivity index (χ2n) is 5.46. The predicted octanol–water partition coefficient (Wildman–Crippen LogP) is 5.70. The van der Waals surface area contributed by atoms with Gasteiger partial charge in [0, 0.05) is 10.7 Å². The Bertz CT molecular complexity index is 366. The predicted molar refractivity (Wildman–Crippen MR) is 92.3 cm³/mol. The molecule has 0 bridgehead atoms. The van der Waals surface area contributed by atoms with Gasteiger partial charge in [0.15, 0.2) is 0 Å². The van der Waals surface area contributed by atoms with Crippen LogP contribution in [0, 0.1) is 5.41 Å². The standard InChI is InChI=1S/C18H27BrO/c1-3-12-18(15-19,13-4-2)16-20-14-8-11-17-9-6-5-7-10-17/h5-11H,3-4,12-16H2,1-2H3. The lowest BCUT2D eigenvalue weighted by atomic mass is 9.82. The molecule has 0 amide bonds. The molecule has 0 unspecified atom stereocenters. The van der Waals surface area contributed by atoms with Gasteiger partial charge >= 0.3 is 0 Å². The van der Waals surface area contributed by atoms with E-state index in [0.717, 1.165) is 11.9 Å². The van der Waals surface area contributed by atoms with Gasteiger partial charge in [0.1, 0.15) is 0 Å². The highest BCUT2D eigenvalue weighted by atomic mass is 79.9. The Morgan fingerprint density at radius 3 is 2.30 bits per heavy atom. The Labute approximate surface area is 132 Å². The van der Waals surface area contributed by atoms with Crippen LogP contribution in [0.1, 0.15) is 45.1 Å². The molecule has 0 heterocycles. The van der Waals surface area contributed by atoms with Crippen molar-refractivity contribution in [3.8, 4) is 0 Å². The molecule has 1 rings (SSSR count). The van der Waals surface area contributed by atoms with Crippen LogP contribution in [-0.2, 0) is 4.74 Å². The molecule has 0 aliphatic heterocycles. The van der Waals surface area contributed by atoms with Crippen LogP contribution in [0.3, 0.4) is 0 Å². The SMILES string of the molecule is CCCC(CBr)(CCC)COCC=Cc1ccccc1. The van der Waals surface area contributed by atoms with E-state index in [0.29, 0.717) is 12.0 Å². The lowest BCUT2D eigenvalue weighted by Crippen LogP contribution is -2.28. The third kappa shape index (κ3) is 6.23. The monoisotopic (exact) mass is 338 g/mol. The number of ether oxygens (including phenoxy) is 1. The summed E-state index contributed by atoms with van der Waals surface area (Å²) in [6.45, 7) is 6.04. The van der Waals surface area contributed by atoms with Gasteiger partial charge in [-0.2, -0.15) is 0 Å². The molecule has 0 aliphatic carbocycles. The van der Waals surface area contributed by atoms with Crippen LogP contribution in [0.15, 0.2) is 36.4 Å². The van der Waals surface area contributed by atoms with Gasteiger partial charge in [-0.25, -0.2) is 0 Å². The maximum Gasteiger partial charge on any atom is 0.0650 e. The molecule has 0 saturated carbocycles. The minimum Gasteiger partial charge on any atom is -0.377 e. The van der Waals surface area contributed by atoms with Gasteiger partial charge in [0.05, 0.1) is 13.2 Å². The summed E-state index contributed by atoms with van der Waals surface area (Å²) in [5.41, 5.74) is 1.54. The van der Waals surface area contributed by atoms with Gasteiger partial charge in [-0.3, -0.25) is 0 Å². The number of hydrogen-bond acceptors (Lipinski definition) is 1. The molecule has 0 atom stereocenters. The van der Waals surface area contributed by atoms with E-state index in [-0.39, 0.29) is 0 Å². The van der Waals surface area contributed by atoms with Gasteiger partial charge in [0.25, 0.3) is 0 Å². The maximum absolute atomic E-state index is 5.90. The summed E-state index contributed by atoms with van der Waals surface area (Å²) in [6.07, 6.45) is 9.12. The van der Waals surface area contributed by atoms with Crippen molar-refractivity contribution in [3.05, 3.63) is 42.0 Å². The summed E-state index contributed by atoms with van der Waals surface area (Å²) in [5, 5.41) is 1.03. The van der Waals surface area contributed by atoms with Crippen molar-refractivity contribution in [3.63, 3.8) is 0 Å². The van der Waals surface area contributed by atoms with Crippen LogP contribution < -0.4 is 0 Å². The quantitative estimate of drug-likeness (QED) is 0.392. The number of alkyl halides is 1. The fourth-order valence-corrected chi connectivity index (χ4v) is 3.32. The third-order valence-corrected chi connectivity index (χ3v) is 4.77. The molecule has 1 aromatic rings. The first kappa shape index (κ1) is 17.5. The second-order valence-corrected chi connectivity index (χ2v) is 6.02. The fourth-order valence-electron chi connectivity index (χ4n) is 2.59. The average molecular weight is 339 g/mol. The molecule has 0 spiro atoms. The second kappa shape index (κ2) is 10.2. The lowest BCUT2D eigenvalue weighted by molar-refractivity contribution is 0.0616. The minimum absolute atomic E-state index is 0.310. The molecule has 0 aromatic heterocycles. The molecule has 0 radical (unpaired) electrons. The van der Waals surface area contributed by atoms with Crippen LogP contribution in [-0.4, -0.2) is 18.5 Å². The van der Waals surface area contributed by atoms with Gasteiger partial charge < -0.3 is 4.74 Å². The third-order valence-electron chi connectivity index (χ3n) is 3.58. The Morgan fingerprint density at radius 1 is 1.10 bits per heavy atom. The van der Waals surface area contributed by atoms with Crippen molar-refractivity contribution in [1.82, 2.24) is 0 Å². The number of hydrogen-bond donors (Lipinski definition) is 0. The van der Waals surface area contributed by atoms with Gasteiger partial charge in [-0.05, 0) is 18.4 Å². The van der Waals surface area contributed by atoms with Crippen LogP contribution >= 0.6 is 15.9 Å². The van der Waals surface area contributed by atoms with E-state index in [4.69, 9.17) is 4.74 Å². The number of halogens is 1. The van der Waals surface area contributed by atoms with Gasteiger partial charge in [-0.15, -0.1) is 0 Å². The highest BCUT2D eigenvalue weighted by molar-refractivity contribution is 9.09. The Balaban J connectivity index is 2.38. The maximum atomic E-state index is 5.90. The van der Waals surface area contributed by atoms with Crippen LogP contribution in [0.5, 0.6) is 0 Å². The lowest BCUT2D eigenvalue weighted by Gasteiger charge is -2.31. The largest absolute Gasteiger partial charge is 0.377 e. The molecule has 2 heteroatoms. The van der Waals surface area contributed by atoms with Crippen molar-refractivity contribution >= 4 is 22.0 Å². The Kier molecular flexibility index (Phi) is 8.88. The van der Waals surface area contributed by atoms with Gasteiger partial charge in [-0.1, -0.05) is 85.1 Å². The molecule has 1 aromatic carbocycles. The zero-order chi connectivity index (χ0) is 14.7.